The van der Waals surface area contributed by atoms with Crippen LogP contribution in [0.15, 0.2) is 29.4 Å². The molecule has 0 radical (unpaired) electrons. The number of nitrogens with one attached hydrogen (secondary N) is 2. The number of rotatable bonds is 6. The van der Waals surface area contributed by atoms with Crippen molar-refractivity contribution in [2.45, 2.75) is 57.5 Å². The van der Waals surface area contributed by atoms with Crippen LogP contribution in [0.25, 0.3) is 15.9 Å². The summed E-state index contributed by atoms with van der Waals surface area (Å²) in [5.74, 6) is 0.967. The van der Waals surface area contributed by atoms with E-state index < -0.39 is 0 Å². The number of nitrogens with zero attached hydrogens (tertiary/aromatic N) is 4. The van der Waals surface area contributed by atoms with E-state index in [0.29, 0.717) is 16.5 Å². The van der Waals surface area contributed by atoms with E-state index in [1.54, 1.807) is 35.6 Å². The Labute approximate surface area is 205 Å². The molecule has 1 aliphatic rings. The minimum atomic E-state index is -0.159. The number of aromatic nitrogens is 4. The van der Waals surface area contributed by atoms with Gasteiger partial charge in [-0.1, -0.05) is 31.7 Å². The maximum Gasteiger partial charge on any atom is 0.234 e. The third-order valence-corrected chi connectivity index (χ3v) is 7.88. The molecule has 0 atom stereocenters. The molecular formula is C24H26N6O2S2. The lowest BCUT2D eigenvalue weighted by Crippen LogP contribution is -2.15. The summed E-state index contributed by atoms with van der Waals surface area (Å²) in [4.78, 5) is 31.4. The Morgan fingerprint density at radius 2 is 1.91 bits per heavy atom. The number of aryl methyl sites for hydroxylation is 2. The van der Waals surface area contributed by atoms with Crippen LogP contribution in [-0.4, -0.2) is 37.1 Å². The molecule has 0 aliphatic heterocycles. The van der Waals surface area contributed by atoms with Crippen LogP contribution in [-0.2, 0) is 22.4 Å². The lowest BCUT2D eigenvalue weighted by molar-refractivity contribution is -0.114. The van der Waals surface area contributed by atoms with Crippen molar-refractivity contribution in [3.05, 3.63) is 40.5 Å². The molecule has 34 heavy (non-hydrogen) atoms. The summed E-state index contributed by atoms with van der Waals surface area (Å²) in [6.07, 6.45) is 4.58. The van der Waals surface area contributed by atoms with Crippen LogP contribution >= 0.6 is 23.1 Å². The Morgan fingerprint density at radius 1 is 1.15 bits per heavy atom. The largest absolute Gasteiger partial charge is 0.326 e. The van der Waals surface area contributed by atoms with Crippen molar-refractivity contribution in [3.63, 3.8) is 0 Å². The topological polar surface area (TPSA) is 101 Å². The van der Waals surface area contributed by atoms with E-state index in [1.165, 1.54) is 42.0 Å². The van der Waals surface area contributed by atoms with Crippen LogP contribution in [0.5, 0.6) is 0 Å². The van der Waals surface area contributed by atoms with Gasteiger partial charge in [-0.15, -0.1) is 21.5 Å². The molecule has 10 heteroatoms. The summed E-state index contributed by atoms with van der Waals surface area (Å²) >= 11 is 3.14. The van der Waals surface area contributed by atoms with E-state index in [9.17, 15) is 9.59 Å². The van der Waals surface area contributed by atoms with Crippen molar-refractivity contribution in [1.82, 2.24) is 19.6 Å². The fourth-order valence-electron chi connectivity index (χ4n) is 4.34. The van der Waals surface area contributed by atoms with Gasteiger partial charge in [0.05, 0.1) is 11.1 Å². The molecule has 1 aromatic carbocycles. The quantitative estimate of drug-likeness (QED) is 0.365. The van der Waals surface area contributed by atoms with Gasteiger partial charge in [-0.2, -0.15) is 0 Å². The van der Waals surface area contributed by atoms with Gasteiger partial charge in [0.1, 0.15) is 10.7 Å². The van der Waals surface area contributed by atoms with E-state index in [4.69, 9.17) is 4.98 Å². The van der Waals surface area contributed by atoms with Crippen LogP contribution in [0.3, 0.4) is 0 Å². The van der Waals surface area contributed by atoms with Crippen LogP contribution < -0.4 is 10.6 Å². The first-order chi connectivity index (χ1) is 16.4. The van der Waals surface area contributed by atoms with E-state index in [-0.39, 0.29) is 23.5 Å². The molecule has 2 amide bonds. The first kappa shape index (κ1) is 22.8. The molecule has 0 spiro atoms. The number of thiophene rings is 1. The standard InChI is InChI=1S/C24H26N6O2S2/c1-13(2)21-27-23-20(17-9-4-5-10-18(17)34-23)22-28-29-24(30(21)22)33-12-19(32)26-16-8-6-7-15(11-16)25-14(3)31/h6-8,11,13H,4-5,9-10,12H2,1-3H3,(H,25,31)(H,26,32). The zero-order valence-electron chi connectivity index (χ0n) is 19.3. The summed E-state index contributed by atoms with van der Waals surface area (Å²) in [5.41, 5.74) is 3.48. The summed E-state index contributed by atoms with van der Waals surface area (Å²) < 4.78 is 2.03. The Bertz CT molecular complexity index is 1410. The highest BCUT2D eigenvalue weighted by Gasteiger charge is 2.24. The van der Waals surface area contributed by atoms with E-state index >= 15 is 0 Å². The Hall–Kier alpha value is -2.98. The lowest BCUT2D eigenvalue weighted by Gasteiger charge is -2.12. The molecule has 0 unspecified atom stereocenters. The number of amides is 2. The van der Waals surface area contributed by atoms with Crippen molar-refractivity contribution in [2.24, 2.45) is 0 Å². The minimum Gasteiger partial charge on any atom is -0.326 e. The van der Waals surface area contributed by atoms with Crippen molar-refractivity contribution in [1.29, 1.82) is 0 Å². The summed E-state index contributed by atoms with van der Waals surface area (Å²) in [6.45, 7) is 5.68. The number of benzene rings is 1. The first-order valence-corrected chi connectivity index (χ1v) is 13.2. The average molecular weight is 495 g/mol. The summed E-state index contributed by atoms with van der Waals surface area (Å²) in [5, 5.41) is 16.4. The van der Waals surface area contributed by atoms with Gasteiger partial charge in [0, 0.05) is 29.1 Å². The van der Waals surface area contributed by atoms with Gasteiger partial charge in [0.2, 0.25) is 11.8 Å². The number of fused-ring (bicyclic) bond motifs is 5. The number of hydrogen-bond donors (Lipinski definition) is 2. The highest BCUT2D eigenvalue weighted by atomic mass is 32.2. The second-order valence-corrected chi connectivity index (χ2v) is 10.8. The van der Waals surface area contributed by atoms with Crippen LogP contribution in [0.2, 0.25) is 0 Å². The normalized spacial score (nSPS) is 13.4. The molecule has 0 saturated carbocycles. The second-order valence-electron chi connectivity index (χ2n) is 8.76. The van der Waals surface area contributed by atoms with Crippen LogP contribution in [0.4, 0.5) is 11.4 Å². The van der Waals surface area contributed by atoms with Crippen molar-refractivity contribution in [3.8, 4) is 0 Å². The fourth-order valence-corrected chi connectivity index (χ4v) is 6.34. The molecule has 8 nitrogen and oxygen atoms in total. The molecule has 1 aliphatic carbocycles. The monoisotopic (exact) mass is 494 g/mol. The van der Waals surface area contributed by atoms with Gasteiger partial charge in [-0.05, 0) is 49.4 Å². The third-order valence-electron chi connectivity index (χ3n) is 5.77. The predicted octanol–water partition coefficient (Wildman–Crippen LogP) is 5.03. The van der Waals surface area contributed by atoms with Gasteiger partial charge in [0.15, 0.2) is 10.8 Å². The van der Waals surface area contributed by atoms with Crippen LogP contribution in [0.1, 0.15) is 55.8 Å². The van der Waals surface area contributed by atoms with Crippen molar-refractivity contribution in [2.75, 3.05) is 16.4 Å². The van der Waals surface area contributed by atoms with Gasteiger partial charge in [-0.3, -0.25) is 14.0 Å². The highest BCUT2D eigenvalue weighted by Crippen LogP contribution is 2.39. The van der Waals surface area contributed by atoms with Gasteiger partial charge in [-0.25, -0.2) is 4.98 Å². The molecular weight excluding hydrogens is 468 g/mol. The predicted molar refractivity (Wildman–Crippen MR) is 137 cm³/mol. The van der Waals surface area contributed by atoms with E-state index in [1.807, 2.05) is 4.40 Å². The molecule has 5 rings (SSSR count). The molecule has 176 valence electrons. The number of thioether (sulfide) groups is 1. The minimum absolute atomic E-state index is 0.158. The molecule has 0 bridgehead atoms. The number of hydrogen-bond acceptors (Lipinski definition) is 7. The lowest BCUT2D eigenvalue weighted by atomic mass is 9.97. The average Bonchev–Trinajstić information content (AvgIpc) is 3.37. The summed E-state index contributed by atoms with van der Waals surface area (Å²) in [6, 6.07) is 7.08. The zero-order chi connectivity index (χ0) is 23.8. The van der Waals surface area contributed by atoms with Crippen molar-refractivity contribution < 1.29 is 9.59 Å². The smallest absolute Gasteiger partial charge is 0.234 e. The second kappa shape index (κ2) is 9.34. The first-order valence-electron chi connectivity index (χ1n) is 11.4. The Balaban J connectivity index is 1.41. The maximum atomic E-state index is 12.7. The van der Waals surface area contributed by atoms with Crippen molar-refractivity contribution >= 4 is 62.2 Å². The number of carbonyl (C=O) groups excluding carboxylic acids is 2. The highest BCUT2D eigenvalue weighted by molar-refractivity contribution is 7.99. The fraction of sp³-hybridized carbons (Fsp3) is 0.375. The van der Waals surface area contributed by atoms with Crippen LogP contribution in [0, 0.1) is 0 Å². The SMILES string of the molecule is CC(=O)Nc1cccc(NC(=O)CSc2nnc3c4c5c(sc4nc(C(C)C)n23)CCCC5)c1. The van der Waals surface area contributed by atoms with E-state index in [2.05, 4.69) is 34.7 Å². The Morgan fingerprint density at radius 3 is 2.68 bits per heavy atom. The Kier molecular flexibility index (Phi) is 6.26. The number of carbonyl (C=O) groups is 2. The van der Waals surface area contributed by atoms with Gasteiger partial charge < -0.3 is 10.6 Å². The molecule has 3 aromatic heterocycles. The molecule has 4 aromatic rings. The van der Waals surface area contributed by atoms with E-state index in [0.717, 1.165) is 34.5 Å². The zero-order valence-corrected chi connectivity index (χ0v) is 21.0. The molecule has 0 fully saturated rings. The molecule has 0 saturated heterocycles. The molecule has 2 N–H and O–H groups in total. The van der Waals surface area contributed by atoms with Gasteiger partial charge >= 0.3 is 0 Å². The number of anilines is 2. The van der Waals surface area contributed by atoms with Gasteiger partial charge in [0.25, 0.3) is 0 Å². The molecule has 3 heterocycles. The maximum absolute atomic E-state index is 12.7. The summed E-state index contributed by atoms with van der Waals surface area (Å²) in [7, 11) is 0. The third kappa shape index (κ3) is 4.39.